The van der Waals surface area contributed by atoms with Gasteiger partial charge in [-0.3, -0.25) is 4.98 Å². The zero-order valence-electron chi connectivity index (χ0n) is 10.5. The van der Waals surface area contributed by atoms with Gasteiger partial charge in [0.05, 0.1) is 12.3 Å². The van der Waals surface area contributed by atoms with E-state index in [-0.39, 0.29) is 0 Å². The number of fused-ring (bicyclic) bond motifs is 2. The van der Waals surface area contributed by atoms with Crippen molar-refractivity contribution in [2.75, 3.05) is 0 Å². The summed E-state index contributed by atoms with van der Waals surface area (Å²) in [6.07, 6.45) is 12.1. The van der Waals surface area contributed by atoms with E-state index in [0.717, 1.165) is 12.0 Å². The van der Waals surface area contributed by atoms with Gasteiger partial charge in [0.15, 0.2) is 5.11 Å². The molecule has 0 spiro atoms. The topological polar surface area (TPSA) is 54.5 Å². The summed E-state index contributed by atoms with van der Waals surface area (Å²) >= 11 is 5.13. The third-order valence-corrected chi connectivity index (χ3v) is 3.99. The van der Waals surface area contributed by atoms with Crippen LogP contribution in [0.25, 0.3) is 0 Å². The zero-order valence-corrected chi connectivity index (χ0v) is 11.3. The Labute approximate surface area is 118 Å². The number of allylic oxidation sites excluding steroid dienone is 1. The molecular formula is C14H16N4S. The van der Waals surface area contributed by atoms with Crippen LogP contribution < -0.4 is 5.73 Å². The van der Waals surface area contributed by atoms with Gasteiger partial charge in [-0.2, -0.15) is 5.10 Å². The standard InChI is InChI=1S/C14H16N4S/c15-14(19)18(13-7-10-3-4-12(13)6-10)17-9-11-2-1-5-16-8-11/h1-5,8-10,12-13H,6-7H2,(H2,15,19)/b17-9-. The molecule has 0 radical (unpaired) electrons. The molecule has 1 fully saturated rings. The molecule has 1 aromatic heterocycles. The maximum absolute atomic E-state index is 5.82. The van der Waals surface area contributed by atoms with Gasteiger partial charge in [0, 0.05) is 18.0 Å². The van der Waals surface area contributed by atoms with Gasteiger partial charge < -0.3 is 5.73 Å². The molecule has 2 bridgehead atoms. The molecule has 3 atom stereocenters. The third-order valence-electron chi connectivity index (χ3n) is 3.80. The maximum atomic E-state index is 5.82. The number of pyridine rings is 1. The van der Waals surface area contributed by atoms with Crippen molar-refractivity contribution in [1.82, 2.24) is 9.99 Å². The number of nitrogens with zero attached hydrogens (tertiary/aromatic N) is 3. The number of thiocarbonyl (C=S) groups is 1. The van der Waals surface area contributed by atoms with Gasteiger partial charge in [0.2, 0.25) is 0 Å². The molecular weight excluding hydrogens is 256 g/mol. The van der Waals surface area contributed by atoms with Gasteiger partial charge in [0.25, 0.3) is 0 Å². The molecule has 2 aliphatic rings. The van der Waals surface area contributed by atoms with Crippen LogP contribution in [0.4, 0.5) is 0 Å². The second-order valence-corrected chi connectivity index (χ2v) is 5.48. The number of rotatable bonds is 3. The molecule has 2 N–H and O–H groups in total. The van der Waals surface area contributed by atoms with Crippen LogP contribution in [-0.4, -0.2) is 27.4 Å². The van der Waals surface area contributed by atoms with Crippen LogP contribution in [-0.2, 0) is 0 Å². The summed E-state index contributed by atoms with van der Waals surface area (Å²) in [5.74, 6) is 1.19. The summed E-state index contributed by atoms with van der Waals surface area (Å²) in [5, 5.41) is 6.59. The smallest absolute Gasteiger partial charge is 0.187 e. The van der Waals surface area contributed by atoms with E-state index in [0.29, 0.717) is 23.0 Å². The number of aromatic nitrogens is 1. The Kier molecular flexibility index (Phi) is 3.29. The second-order valence-electron chi connectivity index (χ2n) is 5.06. The van der Waals surface area contributed by atoms with E-state index in [1.165, 1.54) is 6.42 Å². The third kappa shape index (κ3) is 2.51. The van der Waals surface area contributed by atoms with Gasteiger partial charge in [-0.25, -0.2) is 5.01 Å². The molecule has 1 aromatic rings. The predicted molar refractivity (Wildman–Crippen MR) is 79.6 cm³/mol. The van der Waals surface area contributed by atoms with Crippen LogP contribution in [0.2, 0.25) is 0 Å². The summed E-state index contributed by atoms with van der Waals surface area (Å²) in [5.41, 5.74) is 6.76. The summed E-state index contributed by atoms with van der Waals surface area (Å²) in [7, 11) is 0. The average molecular weight is 272 g/mol. The van der Waals surface area contributed by atoms with E-state index in [1.54, 1.807) is 23.6 Å². The first-order valence-electron chi connectivity index (χ1n) is 6.45. The van der Waals surface area contributed by atoms with Gasteiger partial charge in [-0.05, 0) is 43.0 Å². The van der Waals surface area contributed by atoms with E-state index in [4.69, 9.17) is 18.0 Å². The molecule has 19 heavy (non-hydrogen) atoms. The molecule has 1 heterocycles. The highest BCUT2D eigenvalue weighted by Crippen LogP contribution is 2.41. The summed E-state index contributed by atoms with van der Waals surface area (Å²) < 4.78 is 0. The molecule has 0 aromatic carbocycles. The Morgan fingerprint density at radius 2 is 2.37 bits per heavy atom. The quantitative estimate of drug-likeness (QED) is 0.395. The van der Waals surface area contributed by atoms with E-state index in [2.05, 4.69) is 22.2 Å². The molecule has 0 saturated heterocycles. The molecule has 3 rings (SSSR count). The molecule has 0 aliphatic heterocycles. The minimum absolute atomic E-state index is 0.306. The first kappa shape index (κ1) is 12.3. The summed E-state index contributed by atoms with van der Waals surface area (Å²) in [4.78, 5) is 4.06. The highest BCUT2D eigenvalue weighted by atomic mass is 32.1. The van der Waals surface area contributed by atoms with Crippen molar-refractivity contribution >= 4 is 23.5 Å². The van der Waals surface area contributed by atoms with E-state index in [1.807, 2.05) is 12.1 Å². The lowest BCUT2D eigenvalue weighted by Crippen LogP contribution is -2.41. The normalized spacial score (nSPS) is 28.1. The van der Waals surface area contributed by atoms with Crippen LogP contribution >= 0.6 is 12.2 Å². The molecule has 1 saturated carbocycles. The maximum Gasteiger partial charge on any atom is 0.187 e. The minimum Gasteiger partial charge on any atom is -0.375 e. The van der Waals surface area contributed by atoms with E-state index >= 15 is 0 Å². The fourth-order valence-corrected chi connectivity index (χ4v) is 3.10. The summed E-state index contributed by atoms with van der Waals surface area (Å²) in [6.45, 7) is 0. The lowest BCUT2D eigenvalue weighted by atomic mass is 10.0. The lowest BCUT2D eigenvalue weighted by Gasteiger charge is -2.28. The van der Waals surface area contributed by atoms with Gasteiger partial charge in [-0.1, -0.05) is 18.2 Å². The van der Waals surface area contributed by atoms with Crippen molar-refractivity contribution in [3.8, 4) is 0 Å². The Hall–Kier alpha value is -1.75. The first-order valence-corrected chi connectivity index (χ1v) is 6.86. The average Bonchev–Trinajstić information content (AvgIpc) is 3.02. The minimum atomic E-state index is 0.306. The SMILES string of the molecule is NC(=S)N(/N=C\c1cccnc1)C1CC2C=CC1C2. The number of hydrazone groups is 1. The highest BCUT2D eigenvalue weighted by Gasteiger charge is 2.39. The van der Waals surface area contributed by atoms with Crippen molar-refractivity contribution in [3.63, 3.8) is 0 Å². The molecule has 98 valence electrons. The van der Waals surface area contributed by atoms with Crippen molar-refractivity contribution in [2.45, 2.75) is 18.9 Å². The largest absolute Gasteiger partial charge is 0.375 e. The van der Waals surface area contributed by atoms with Crippen molar-refractivity contribution in [3.05, 3.63) is 42.2 Å². The van der Waals surface area contributed by atoms with Crippen molar-refractivity contribution in [2.24, 2.45) is 22.7 Å². The van der Waals surface area contributed by atoms with Crippen LogP contribution in [0.1, 0.15) is 18.4 Å². The zero-order chi connectivity index (χ0) is 13.2. The number of hydrogen-bond donors (Lipinski definition) is 1. The molecule has 5 heteroatoms. The van der Waals surface area contributed by atoms with E-state index < -0.39 is 0 Å². The van der Waals surface area contributed by atoms with Crippen molar-refractivity contribution < 1.29 is 0 Å². The molecule has 4 nitrogen and oxygen atoms in total. The van der Waals surface area contributed by atoms with Crippen LogP contribution in [0.5, 0.6) is 0 Å². The van der Waals surface area contributed by atoms with Crippen molar-refractivity contribution in [1.29, 1.82) is 0 Å². The van der Waals surface area contributed by atoms with Crippen LogP contribution in [0.3, 0.4) is 0 Å². The Balaban J connectivity index is 1.77. The number of hydrogen-bond acceptors (Lipinski definition) is 3. The highest BCUT2D eigenvalue weighted by molar-refractivity contribution is 7.80. The van der Waals surface area contributed by atoms with Gasteiger partial charge >= 0.3 is 0 Å². The molecule has 3 unspecified atom stereocenters. The predicted octanol–water partition coefficient (Wildman–Crippen LogP) is 1.93. The second kappa shape index (κ2) is 5.09. The van der Waals surface area contributed by atoms with Gasteiger partial charge in [0.1, 0.15) is 0 Å². The van der Waals surface area contributed by atoms with E-state index in [9.17, 15) is 0 Å². The Bertz CT molecular complexity index is 526. The Morgan fingerprint density at radius 3 is 2.95 bits per heavy atom. The van der Waals surface area contributed by atoms with Crippen LogP contribution in [0, 0.1) is 11.8 Å². The Morgan fingerprint density at radius 1 is 1.47 bits per heavy atom. The first-order chi connectivity index (χ1) is 9.24. The fourth-order valence-electron chi connectivity index (χ4n) is 2.92. The summed E-state index contributed by atoms with van der Waals surface area (Å²) in [6, 6.07) is 4.14. The van der Waals surface area contributed by atoms with Crippen LogP contribution in [0.15, 0.2) is 41.8 Å². The lowest BCUT2D eigenvalue weighted by molar-refractivity contribution is 0.288. The van der Waals surface area contributed by atoms with Gasteiger partial charge in [-0.15, -0.1) is 0 Å². The fraction of sp³-hybridized carbons (Fsp3) is 0.357. The molecule has 2 aliphatic carbocycles. The monoisotopic (exact) mass is 272 g/mol. The molecule has 0 amide bonds. The number of nitrogens with two attached hydrogens (primary N) is 1.